The number of aliphatic hydroxyl groups excluding tert-OH is 1. The molecule has 0 saturated heterocycles. The van der Waals surface area contributed by atoms with Gasteiger partial charge in [-0.1, -0.05) is 6.07 Å². The van der Waals surface area contributed by atoms with Crippen LogP contribution in [-0.2, 0) is 0 Å². The molecule has 1 N–H and O–H groups in total. The zero-order valence-electron chi connectivity index (χ0n) is 8.58. The Kier molecular flexibility index (Phi) is 3.61. The lowest BCUT2D eigenvalue weighted by Gasteiger charge is -2.10. The first-order valence-electron chi connectivity index (χ1n) is 4.75. The fraction of sp³-hybridized carbons (Fsp3) is 0.167. The van der Waals surface area contributed by atoms with Crippen LogP contribution in [0.15, 0.2) is 29.6 Å². The average Bonchev–Trinajstić information content (AvgIpc) is 2.62. The molecular formula is C12H10FIOS. The van der Waals surface area contributed by atoms with Crippen molar-refractivity contribution in [2.24, 2.45) is 0 Å². The predicted octanol–water partition coefficient (Wildman–Crippen LogP) is 3.88. The van der Waals surface area contributed by atoms with Crippen molar-refractivity contribution in [3.63, 3.8) is 0 Å². The number of hydrogen-bond donors (Lipinski definition) is 1. The molecule has 0 amide bonds. The van der Waals surface area contributed by atoms with Gasteiger partial charge in [0.15, 0.2) is 0 Å². The molecule has 1 heterocycles. The lowest BCUT2D eigenvalue weighted by atomic mass is 10.0. The van der Waals surface area contributed by atoms with Crippen molar-refractivity contribution in [1.82, 2.24) is 0 Å². The highest BCUT2D eigenvalue weighted by atomic mass is 127. The summed E-state index contributed by atoms with van der Waals surface area (Å²) in [6, 6.07) is 6.55. The Balaban J connectivity index is 2.37. The average molecular weight is 348 g/mol. The number of aliphatic hydroxyl groups is 1. The van der Waals surface area contributed by atoms with Crippen LogP contribution in [-0.4, -0.2) is 5.11 Å². The number of hydrogen-bond acceptors (Lipinski definition) is 2. The van der Waals surface area contributed by atoms with Gasteiger partial charge >= 0.3 is 0 Å². The zero-order valence-corrected chi connectivity index (χ0v) is 11.5. The van der Waals surface area contributed by atoms with Crippen LogP contribution in [0.5, 0.6) is 0 Å². The molecule has 0 saturated carbocycles. The van der Waals surface area contributed by atoms with E-state index in [-0.39, 0.29) is 5.82 Å². The van der Waals surface area contributed by atoms with E-state index < -0.39 is 6.10 Å². The highest BCUT2D eigenvalue weighted by molar-refractivity contribution is 14.1. The Morgan fingerprint density at radius 3 is 2.56 bits per heavy atom. The van der Waals surface area contributed by atoms with Crippen molar-refractivity contribution in [1.29, 1.82) is 0 Å². The van der Waals surface area contributed by atoms with Gasteiger partial charge in [0.05, 0.1) is 2.88 Å². The van der Waals surface area contributed by atoms with E-state index in [2.05, 4.69) is 22.6 Å². The minimum absolute atomic E-state index is 0.307. The van der Waals surface area contributed by atoms with Crippen LogP contribution in [0.1, 0.15) is 22.8 Å². The summed E-state index contributed by atoms with van der Waals surface area (Å²) in [5.74, 6) is -0.307. The van der Waals surface area contributed by atoms with E-state index in [0.29, 0.717) is 5.56 Å². The standard InChI is InChI=1S/C12H10FIOS/c1-7-2-8(4-10(13)3-7)12(15)9-5-11(14)16-6-9/h2-6,12,15H,1H3. The lowest BCUT2D eigenvalue weighted by molar-refractivity contribution is 0.220. The first-order chi connectivity index (χ1) is 7.56. The second kappa shape index (κ2) is 4.81. The van der Waals surface area contributed by atoms with Crippen LogP contribution < -0.4 is 0 Å². The lowest BCUT2D eigenvalue weighted by Crippen LogP contribution is -1.99. The van der Waals surface area contributed by atoms with Crippen molar-refractivity contribution in [3.05, 3.63) is 55.0 Å². The van der Waals surface area contributed by atoms with E-state index in [1.807, 2.05) is 18.4 Å². The minimum Gasteiger partial charge on any atom is -0.384 e. The predicted molar refractivity (Wildman–Crippen MR) is 72.2 cm³/mol. The molecule has 0 radical (unpaired) electrons. The molecule has 1 nitrogen and oxygen atoms in total. The third kappa shape index (κ3) is 2.61. The monoisotopic (exact) mass is 348 g/mol. The molecule has 0 aliphatic heterocycles. The van der Waals surface area contributed by atoms with Gasteiger partial charge in [0, 0.05) is 0 Å². The van der Waals surface area contributed by atoms with Gasteiger partial charge in [-0.15, -0.1) is 11.3 Å². The second-order valence-electron chi connectivity index (χ2n) is 3.65. The van der Waals surface area contributed by atoms with Gasteiger partial charge in [-0.2, -0.15) is 0 Å². The maximum Gasteiger partial charge on any atom is 0.123 e. The van der Waals surface area contributed by atoms with E-state index in [1.165, 1.54) is 12.1 Å². The molecule has 84 valence electrons. The van der Waals surface area contributed by atoms with Gasteiger partial charge in [-0.25, -0.2) is 4.39 Å². The van der Waals surface area contributed by atoms with E-state index in [9.17, 15) is 9.50 Å². The Hall–Kier alpha value is -0.460. The molecule has 0 fully saturated rings. The van der Waals surface area contributed by atoms with Crippen LogP contribution in [0, 0.1) is 15.6 Å². The van der Waals surface area contributed by atoms with Crippen molar-refractivity contribution in [2.45, 2.75) is 13.0 Å². The molecular weight excluding hydrogens is 338 g/mol. The van der Waals surface area contributed by atoms with Crippen molar-refractivity contribution < 1.29 is 9.50 Å². The molecule has 1 aromatic carbocycles. The molecule has 0 spiro atoms. The minimum atomic E-state index is -0.742. The summed E-state index contributed by atoms with van der Waals surface area (Å²) in [5.41, 5.74) is 2.24. The number of aryl methyl sites for hydroxylation is 1. The van der Waals surface area contributed by atoms with E-state index in [0.717, 1.165) is 14.0 Å². The third-order valence-corrected chi connectivity index (χ3v) is 4.09. The molecule has 2 rings (SSSR count). The van der Waals surface area contributed by atoms with Gasteiger partial charge in [-0.05, 0) is 69.8 Å². The topological polar surface area (TPSA) is 20.2 Å². The van der Waals surface area contributed by atoms with Gasteiger partial charge in [0.25, 0.3) is 0 Å². The molecule has 0 aliphatic rings. The number of rotatable bonds is 2. The molecule has 4 heteroatoms. The Morgan fingerprint density at radius 1 is 1.25 bits per heavy atom. The Bertz CT molecular complexity index is 489. The zero-order chi connectivity index (χ0) is 11.7. The van der Waals surface area contributed by atoms with Crippen LogP contribution in [0.3, 0.4) is 0 Å². The highest BCUT2D eigenvalue weighted by Crippen LogP contribution is 2.28. The number of thiophene rings is 1. The normalized spacial score (nSPS) is 12.8. The van der Waals surface area contributed by atoms with Gasteiger partial charge in [0.2, 0.25) is 0 Å². The summed E-state index contributed by atoms with van der Waals surface area (Å²) < 4.78 is 14.3. The SMILES string of the molecule is Cc1cc(F)cc(C(O)c2csc(I)c2)c1. The Morgan fingerprint density at radius 2 is 2.00 bits per heavy atom. The summed E-state index contributed by atoms with van der Waals surface area (Å²) in [5, 5.41) is 12.0. The maximum absolute atomic E-state index is 13.2. The first-order valence-corrected chi connectivity index (χ1v) is 6.71. The highest BCUT2D eigenvalue weighted by Gasteiger charge is 2.13. The van der Waals surface area contributed by atoms with E-state index in [1.54, 1.807) is 17.4 Å². The maximum atomic E-state index is 13.2. The van der Waals surface area contributed by atoms with Crippen molar-refractivity contribution >= 4 is 33.9 Å². The van der Waals surface area contributed by atoms with E-state index >= 15 is 0 Å². The van der Waals surface area contributed by atoms with Crippen LogP contribution in [0.2, 0.25) is 0 Å². The van der Waals surface area contributed by atoms with Gasteiger partial charge in [0.1, 0.15) is 11.9 Å². The molecule has 0 bridgehead atoms. The third-order valence-electron chi connectivity index (χ3n) is 2.28. The summed E-state index contributed by atoms with van der Waals surface area (Å²) >= 11 is 3.77. The summed E-state index contributed by atoms with van der Waals surface area (Å²) in [7, 11) is 0. The number of benzene rings is 1. The molecule has 1 atom stereocenters. The Labute approximate surface area is 111 Å². The fourth-order valence-electron chi connectivity index (χ4n) is 1.58. The molecule has 0 aliphatic carbocycles. The van der Waals surface area contributed by atoms with Gasteiger partial charge in [-0.3, -0.25) is 0 Å². The van der Waals surface area contributed by atoms with E-state index in [4.69, 9.17) is 0 Å². The second-order valence-corrected chi connectivity index (χ2v) is 6.45. The molecule has 16 heavy (non-hydrogen) atoms. The fourth-order valence-corrected chi connectivity index (χ4v) is 2.97. The summed E-state index contributed by atoms with van der Waals surface area (Å²) in [4.78, 5) is 0. The van der Waals surface area contributed by atoms with Crippen LogP contribution in [0.25, 0.3) is 0 Å². The van der Waals surface area contributed by atoms with Crippen LogP contribution >= 0.6 is 33.9 Å². The largest absolute Gasteiger partial charge is 0.384 e. The summed E-state index contributed by atoms with van der Waals surface area (Å²) in [6.45, 7) is 1.82. The quantitative estimate of drug-likeness (QED) is 0.817. The first kappa shape index (κ1) is 12.0. The summed E-state index contributed by atoms with van der Waals surface area (Å²) in [6.07, 6.45) is -0.742. The van der Waals surface area contributed by atoms with Crippen LogP contribution in [0.4, 0.5) is 4.39 Å². The van der Waals surface area contributed by atoms with Crippen molar-refractivity contribution in [2.75, 3.05) is 0 Å². The van der Waals surface area contributed by atoms with Gasteiger partial charge < -0.3 is 5.11 Å². The molecule has 2 aromatic rings. The molecule has 1 aromatic heterocycles. The van der Waals surface area contributed by atoms with Crippen molar-refractivity contribution in [3.8, 4) is 0 Å². The smallest absolute Gasteiger partial charge is 0.123 e. The number of halogens is 2. The molecule has 1 unspecified atom stereocenters.